The normalized spacial score (nSPS) is 18.0. The van der Waals surface area contributed by atoms with E-state index in [4.69, 9.17) is 4.74 Å². The molecule has 0 bridgehead atoms. The smallest absolute Gasteiger partial charge is 0.453 e. The van der Waals surface area contributed by atoms with E-state index in [0.29, 0.717) is 23.6 Å². The summed E-state index contributed by atoms with van der Waals surface area (Å²) in [6, 6.07) is 15.4. The maximum atomic E-state index is 13.3. The molecule has 2 N–H and O–H groups in total. The Hall–Kier alpha value is -2.40. The standard InChI is InChI=1S/C22H25F3N6O.2ClH/c1-2-32-19-11-10-17(31-21(22(23,24)25)28-29-30-31)13-16(19)14-27-18-9-6-12-26-20(18)15-7-4-3-5-8-15;;/h3-5,7-8,10-11,13,18,20,26-27H,2,6,9,12,14H2,1H3;2*1H/t18-,20+;;/m0../s1. The lowest BCUT2D eigenvalue weighted by Gasteiger charge is -2.34. The lowest BCUT2D eigenvalue weighted by Crippen LogP contribution is -2.45. The summed E-state index contributed by atoms with van der Waals surface area (Å²) in [6.07, 6.45) is -2.63. The zero-order valence-electron chi connectivity index (χ0n) is 18.5. The highest BCUT2D eigenvalue weighted by molar-refractivity contribution is 5.85. The molecule has 2 aromatic carbocycles. The topological polar surface area (TPSA) is 76.9 Å². The maximum Gasteiger partial charge on any atom is 0.453 e. The number of hydrogen-bond donors (Lipinski definition) is 2. The first-order valence-corrected chi connectivity index (χ1v) is 10.6. The van der Waals surface area contributed by atoms with Crippen molar-refractivity contribution < 1.29 is 17.9 Å². The van der Waals surface area contributed by atoms with Gasteiger partial charge in [-0.3, -0.25) is 0 Å². The molecule has 1 fully saturated rings. The molecule has 2 atom stereocenters. The third-order valence-electron chi connectivity index (χ3n) is 5.48. The first kappa shape index (κ1) is 27.8. The van der Waals surface area contributed by atoms with E-state index in [1.54, 1.807) is 12.1 Å². The van der Waals surface area contributed by atoms with Crippen LogP contribution in [0.15, 0.2) is 48.5 Å². The van der Waals surface area contributed by atoms with Gasteiger partial charge in [0, 0.05) is 24.2 Å². The summed E-state index contributed by atoms with van der Waals surface area (Å²) in [5.74, 6) is -0.549. The van der Waals surface area contributed by atoms with E-state index >= 15 is 0 Å². The van der Waals surface area contributed by atoms with Gasteiger partial charge in [0.15, 0.2) is 0 Å². The summed E-state index contributed by atoms with van der Waals surface area (Å²) in [5.41, 5.74) is 2.17. The molecule has 1 aliphatic heterocycles. The van der Waals surface area contributed by atoms with Gasteiger partial charge in [0.1, 0.15) is 5.75 Å². The van der Waals surface area contributed by atoms with Crippen LogP contribution in [-0.2, 0) is 12.7 Å². The summed E-state index contributed by atoms with van der Waals surface area (Å²) in [7, 11) is 0. The van der Waals surface area contributed by atoms with Crippen molar-refractivity contribution in [1.82, 2.24) is 30.8 Å². The molecular weight excluding hydrogens is 492 g/mol. The summed E-state index contributed by atoms with van der Waals surface area (Å²) >= 11 is 0. The second-order valence-electron chi connectivity index (χ2n) is 7.61. The lowest BCUT2D eigenvalue weighted by molar-refractivity contribution is -0.146. The van der Waals surface area contributed by atoms with Crippen molar-refractivity contribution in [2.75, 3.05) is 13.2 Å². The molecule has 0 amide bonds. The molecule has 12 heteroatoms. The average Bonchev–Trinajstić information content (AvgIpc) is 3.30. The monoisotopic (exact) mass is 518 g/mol. The Bertz CT molecular complexity index is 1030. The molecule has 186 valence electrons. The van der Waals surface area contributed by atoms with Crippen LogP contribution in [0.4, 0.5) is 13.2 Å². The third-order valence-corrected chi connectivity index (χ3v) is 5.48. The minimum absolute atomic E-state index is 0. The molecule has 34 heavy (non-hydrogen) atoms. The van der Waals surface area contributed by atoms with Crippen LogP contribution in [-0.4, -0.2) is 39.4 Å². The number of aromatic nitrogens is 4. The Kier molecular flexibility index (Phi) is 10.1. The molecule has 1 aromatic heterocycles. The van der Waals surface area contributed by atoms with Crippen LogP contribution in [0, 0.1) is 0 Å². The number of nitrogens with one attached hydrogen (secondary N) is 2. The van der Waals surface area contributed by atoms with Gasteiger partial charge in [-0.15, -0.1) is 29.9 Å². The Balaban J connectivity index is 0.00000204. The van der Waals surface area contributed by atoms with Gasteiger partial charge >= 0.3 is 6.18 Å². The fraction of sp³-hybridized carbons (Fsp3) is 0.409. The molecule has 7 nitrogen and oxygen atoms in total. The van der Waals surface area contributed by atoms with Gasteiger partial charge in [0.05, 0.1) is 12.3 Å². The van der Waals surface area contributed by atoms with Crippen molar-refractivity contribution >= 4 is 24.8 Å². The fourth-order valence-corrected chi connectivity index (χ4v) is 4.03. The maximum absolute atomic E-state index is 13.3. The minimum atomic E-state index is -4.66. The summed E-state index contributed by atoms with van der Waals surface area (Å²) in [4.78, 5) is 0. The highest BCUT2D eigenvalue weighted by atomic mass is 35.5. The van der Waals surface area contributed by atoms with Crippen LogP contribution in [0.1, 0.15) is 42.8 Å². The van der Waals surface area contributed by atoms with Crippen molar-refractivity contribution in [3.8, 4) is 11.4 Å². The second kappa shape index (κ2) is 12.3. The molecule has 3 aromatic rings. The van der Waals surface area contributed by atoms with Crippen molar-refractivity contribution in [2.24, 2.45) is 0 Å². The van der Waals surface area contributed by atoms with Crippen LogP contribution in [0.25, 0.3) is 5.69 Å². The van der Waals surface area contributed by atoms with Crippen LogP contribution in [0.3, 0.4) is 0 Å². The van der Waals surface area contributed by atoms with Gasteiger partial charge in [-0.1, -0.05) is 30.3 Å². The SMILES string of the molecule is CCOc1ccc(-n2nnnc2C(F)(F)F)cc1CN[C@H]1CCCN[C@@H]1c1ccccc1.Cl.Cl. The molecule has 0 spiro atoms. The summed E-state index contributed by atoms with van der Waals surface area (Å²) in [5, 5.41) is 17.0. The van der Waals surface area contributed by atoms with Gasteiger partial charge in [-0.05, 0) is 60.5 Å². The first-order valence-electron chi connectivity index (χ1n) is 10.6. The zero-order valence-corrected chi connectivity index (χ0v) is 20.1. The Morgan fingerprint density at radius 3 is 2.62 bits per heavy atom. The quantitative estimate of drug-likeness (QED) is 0.479. The van der Waals surface area contributed by atoms with E-state index < -0.39 is 12.0 Å². The van der Waals surface area contributed by atoms with Crippen LogP contribution in [0.2, 0.25) is 0 Å². The van der Waals surface area contributed by atoms with Crippen LogP contribution in [0.5, 0.6) is 5.75 Å². The van der Waals surface area contributed by atoms with Crippen LogP contribution < -0.4 is 15.4 Å². The Morgan fingerprint density at radius 1 is 1.15 bits per heavy atom. The molecule has 2 heterocycles. The zero-order chi connectivity index (χ0) is 22.6. The summed E-state index contributed by atoms with van der Waals surface area (Å²) < 4.78 is 46.2. The highest BCUT2D eigenvalue weighted by Gasteiger charge is 2.38. The van der Waals surface area contributed by atoms with Crippen molar-refractivity contribution in [3.63, 3.8) is 0 Å². The van der Waals surface area contributed by atoms with Crippen molar-refractivity contribution in [2.45, 2.75) is 44.6 Å². The van der Waals surface area contributed by atoms with Crippen molar-refractivity contribution in [3.05, 3.63) is 65.5 Å². The minimum Gasteiger partial charge on any atom is -0.494 e. The molecule has 0 saturated carbocycles. The van der Waals surface area contributed by atoms with E-state index in [1.807, 2.05) is 25.1 Å². The molecule has 1 saturated heterocycles. The second-order valence-corrected chi connectivity index (χ2v) is 7.61. The molecular formula is C22H27Cl2F3N6O. The van der Waals surface area contributed by atoms with Gasteiger partial charge in [0.25, 0.3) is 5.82 Å². The van der Waals surface area contributed by atoms with E-state index in [-0.39, 0.29) is 42.6 Å². The number of rotatable bonds is 7. The lowest BCUT2D eigenvalue weighted by atomic mass is 9.92. The Morgan fingerprint density at radius 2 is 1.91 bits per heavy atom. The number of tetrazole rings is 1. The third kappa shape index (κ3) is 6.38. The number of nitrogens with zero attached hydrogens (tertiary/aromatic N) is 4. The summed E-state index contributed by atoms with van der Waals surface area (Å²) in [6.45, 7) is 3.69. The molecule has 4 rings (SSSR count). The largest absolute Gasteiger partial charge is 0.494 e. The van der Waals surface area contributed by atoms with E-state index in [9.17, 15) is 13.2 Å². The number of halogens is 5. The molecule has 0 aliphatic carbocycles. The van der Waals surface area contributed by atoms with Gasteiger partial charge in [-0.2, -0.15) is 17.9 Å². The van der Waals surface area contributed by atoms with Gasteiger partial charge in [0.2, 0.25) is 0 Å². The van der Waals surface area contributed by atoms with E-state index in [1.165, 1.54) is 11.6 Å². The fourth-order valence-electron chi connectivity index (χ4n) is 4.03. The molecule has 0 unspecified atom stereocenters. The van der Waals surface area contributed by atoms with Gasteiger partial charge < -0.3 is 15.4 Å². The number of piperidine rings is 1. The predicted octanol–water partition coefficient (Wildman–Crippen LogP) is 4.51. The van der Waals surface area contributed by atoms with E-state index in [0.717, 1.165) is 24.9 Å². The first-order chi connectivity index (χ1) is 15.5. The number of hydrogen-bond acceptors (Lipinski definition) is 6. The number of ether oxygens (including phenoxy) is 1. The van der Waals surface area contributed by atoms with Gasteiger partial charge in [-0.25, -0.2) is 0 Å². The number of benzene rings is 2. The Labute approximate surface area is 208 Å². The van der Waals surface area contributed by atoms with Crippen LogP contribution >= 0.6 is 24.8 Å². The average molecular weight is 519 g/mol. The number of alkyl halides is 3. The molecule has 0 radical (unpaired) electrons. The highest BCUT2D eigenvalue weighted by Crippen LogP contribution is 2.30. The van der Waals surface area contributed by atoms with E-state index in [2.05, 4.69) is 38.3 Å². The molecule has 1 aliphatic rings. The predicted molar refractivity (Wildman–Crippen MR) is 127 cm³/mol. The van der Waals surface area contributed by atoms with Crippen molar-refractivity contribution in [1.29, 1.82) is 0 Å².